The van der Waals surface area contributed by atoms with Crippen molar-refractivity contribution in [1.82, 2.24) is 4.72 Å². The smallest absolute Gasteiger partial charge is 0.211 e. The quantitative estimate of drug-likeness (QED) is 0.594. The number of allylic oxidation sites excluding steroid dienone is 2. The summed E-state index contributed by atoms with van der Waals surface area (Å²) in [5.41, 5.74) is 3.27. The van der Waals surface area contributed by atoms with Crippen LogP contribution in [0, 0.1) is 18.8 Å². The molecule has 0 aromatic heterocycles. The van der Waals surface area contributed by atoms with Gasteiger partial charge in [0.2, 0.25) is 10.0 Å². The van der Waals surface area contributed by atoms with Crippen molar-refractivity contribution < 1.29 is 21.6 Å². The lowest BCUT2D eigenvalue weighted by Gasteiger charge is -2.11. The third kappa shape index (κ3) is 5.32. The molecule has 30 heavy (non-hydrogen) atoms. The number of nitrogens with one attached hydrogen (secondary N) is 1. The number of hydrogen-bond acceptors (Lipinski definition) is 2. The second-order valence-corrected chi connectivity index (χ2v) is 9.75. The van der Waals surface area contributed by atoms with E-state index in [0.717, 1.165) is 47.2 Å². The zero-order valence-electron chi connectivity index (χ0n) is 17.3. The molecule has 1 N–H and O–H groups in total. The van der Waals surface area contributed by atoms with Crippen LogP contribution in [0.5, 0.6) is 0 Å². The van der Waals surface area contributed by atoms with Crippen molar-refractivity contribution >= 4 is 15.6 Å². The number of alkyl halides is 3. The minimum absolute atomic E-state index is 0.259. The van der Waals surface area contributed by atoms with Crippen LogP contribution in [0.4, 0.5) is 13.2 Å². The van der Waals surface area contributed by atoms with Crippen LogP contribution in [0.2, 0.25) is 0 Å². The summed E-state index contributed by atoms with van der Waals surface area (Å²) in [7, 11) is -3.51. The fourth-order valence-electron chi connectivity index (χ4n) is 3.69. The molecule has 0 spiro atoms. The minimum Gasteiger partial charge on any atom is -0.211 e. The zero-order valence-corrected chi connectivity index (χ0v) is 18.1. The fraction of sp³-hybridized carbons (Fsp3) is 0.391. The highest BCUT2D eigenvalue weighted by Crippen LogP contribution is 2.48. The van der Waals surface area contributed by atoms with Crippen LogP contribution in [0.15, 0.2) is 59.0 Å². The average Bonchev–Trinajstić information content (AvgIpc) is 3.46. The molecule has 2 aromatic rings. The van der Waals surface area contributed by atoms with Crippen LogP contribution in [-0.2, 0) is 16.2 Å². The summed E-state index contributed by atoms with van der Waals surface area (Å²) in [6, 6.07) is 12.0. The van der Waals surface area contributed by atoms with Crippen molar-refractivity contribution in [2.75, 3.05) is 6.54 Å². The van der Waals surface area contributed by atoms with Crippen molar-refractivity contribution in [2.45, 2.75) is 44.7 Å². The Bertz CT molecular complexity index is 1020. The first kappa shape index (κ1) is 22.6. The Labute approximate surface area is 176 Å². The molecule has 2 aromatic carbocycles. The van der Waals surface area contributed by atoms with Crippen LogP contribution < -0.4 is 4.72 Å². The first-order chi connectivity index (χ1) is 14.0. The van der Waals surface area contributed by atoms with Gasteiger partial charge in [0, 0.05) is 6.54 Å². The first-order valence-corrected chi connectivity index (χ1v) is 11.4. The number of benzene rings is 2. The summed E-state index contributed by atoms with van der Waals surface area (Å²) in [5.74, 6) is 0.728. The van der Waals surface area contributed by atoms with E-state index in [1.165, 1.54) is 12.1 Å². The van der Waals surface area contributed by atoms with E-state index in [9.17, 15) is 21.6 Å². The summed E-state index contributed by atoms with van der Waals surface area (Å²) in [6.45, 7) is 6.20. The van der Waals surface area contributed by atoms with Crippen molar-refractivity contribution in [3.8, 4) is 0 Å². The lowest BCUT2D eigenvalue weighted by molar-refractivity contribution is -0.137. The highest BCUT2D eigenvalue weighted by molar-refractivity contribution is 7.89. The van der Waals surface area contributed by atoms with Crippen molar-refractivity contribution in [3.63, 3.8) is 0 Å². The summed E-state index contributed by atoms with van der Waals surface area (Å²) < 4.78 is 65.6. The van der Waals surface area contributed by atoms with E-state index in [0.29, 0.717) is 18.4 Å². The number of aryl methyl sites for hydroxylation is 1. The summed E-state index contributed by atoms with van der Waals surface area (Å²) in [4.78, 5) is 0.259. The fourth-order valence-corrected chi connectivity index (χ4v) is 4.74. The van der Waals surface area contributed by atoms with Gasteiger partial charge in [-0.1, -0.05) is 35.4 Å². The highest BCUT2D eigenvalue weighted by atomic mass is 32.2. The molecule has 0 aliphatic heterocycles. The Hall–Kier alpha value is -2.12. The predicted octanol–water partition coefficient (Wildman–Crippen LogP) is 5.81. The SMILES string of the molecule is C/C(=C(/C)C1CC1CCNS(=O)(=O)c1ccc(C)cc1)c1ccc(C(F)(F)F)cc1. The third-order valence-corrected chi connectivity index (χ3v) is 7.33. The topological polar surface area (TPSA) is 46.2 Å². The Balaban J connectivity index is 1.56. The first-order valence-electron chi connectivity index (χ1n) is 9.90. The van der Waals surface area contributed by atoms with Crippen LogP contribution in [0.3, 0.4) is 0 Å². The largest absolute Gasteiger partial charge is 0.416 e. The Morgan fingerprint density at radius 1 is 1.03 bits per heavy atom. The van der Waals surface area contributed by atoms with Crippen LogP contribution in [0.1, 0.15) is 43.4 Å². The molecule has 0 saturated heterocycles. The van der Waals surface area contributed by atoms with Gasteiger partial charge in [-0.05, 0) is 80.9 Å². The van der Waals surface area contributed by atoms with Gasteiger partial charge in [-0.15, -0.1) is 0 Å². The zero-order chi connectivity index (χ0) is 22.1. The normalized spacial score (nSPS) is 20.1. The van der Waals surface area contributed by atoms with Crippen molar-refractivity contribution in [2.24, 2.45) is 11.8 Å². The monoisotopic (exact) mass is 437 g/mol. The molecule has 162 valence electrons. The van der Waals surface area contributed by atoms with Crippen LogP contribution in [-0.4, -0.2) is 15.0 Å². The summed E-state index contributed by atoms with van der Waals surface area (Å²) >= 11 is 0. The summed E-state index contributed by atoms with van der Waals surface area (Å²) in [5, 5.41) is 0. The predicted molar refractivity (Wildman–Crippen MR) is 112 cm³/mol. The average molecular weight is 438 g/mol. The third-order valence-electron chi connectivity index (χ3n) is 5.85. The minimum atomic E-state index is -4.33. The molecule has 2 atom stereocenters. The number of halogens is 3. The van der Waals surface area contributed by atoms with E-state index in [2.05, 4.69) is 4.72 Å². The van der Waals surface area contributed by atoms with E-state index < -0.39 is 21.8 Å². The molecule has 0 heterocycles. The molecule has 1 saturated carbocycles. The maximum Gasteiger partial charge on any atom is 0.416 e. The molecule has 0 bridgehead atoms. The van der Waals surface area contributed by atoms with E-state index in [4.69, 9.17) is 0 Å². The van der Waals surface area contributed by atoms with Crippen molar-refractivity contribution in [3.05, 3.63) is 70.8 Å². The second kappa shape index (κ2) is 8.55. The number of hydrogen-bond donors (Lipinski definition) is 1. The standard InChI is InChI=1S/C23H26F3NO2S/c1-15-4-10-21(11-5-15)30(28,29)27-13-12-19-14-22(19)17(3)16(2)18-6-8-20(9-7-18)23(24,25)26/h4-11,19,22,27H,12-14H2,1-3H3/b17-16+. The molecular formula is C23H26F3NO2S. The van der Waals surface area contributed by atoms with Gasteiger partial charge in [0.1, 0.15) is 0 Å². The Morgan fingerprint density at radius 2 is 1.63 bits per heavy atom. The molecule has 1 fully saturated rings. The Kier molecular flexibility index (Phi) is 6.43. The lowest BCUT2D eigenvalue weighted by atomic mass is 9.97. The van der Waals surface area contributed by atoms with E-state index in [1.54, 1.807) is 24.3 Å². The van der Waals surface area contributed by atoms with Gasteiger partial charge >= 0.3 is 6.18 Å². The van der Waals surface area contributed by atoms with Gasteiger partial charge in [-0.3, -0.25) is 0 Å². The maximum absolute atomic E-state index is 12.7. The van der Waals surface area contributed by atoms with E-state index in [-0.39, 0.29) is 4.90 Å². The molecule has 1 aliphatic carbocycles. The van der Waals surface area contributed by atoms with Gasteiger partial charge in [-0.25, -0.2) is 13.1 Å². The molecular weight excluding hydrogens is 411 g/mol. The van der Waals surface area contributed by atoms with Gasteiger partial charge in [0.25, 0.3) is 0 Å². The maximum atomic E-state index is 12.7. The molecule has 3 rings (SSSR count). The van der Waals surface area contributed by atoms with Gasteiger partial charge in [0.15, 0.2) is 0 Å². The molecule has 0 amide bonds. The second-order valence-electron chi connectivity index (χ2n) is 7.98. The van der Waals surface area contributed by atoms with Crippen LogP contribution >= 0.6 is 0 Å². The number of sulfonamides is 1. The molecule has 1 aliphatic rings. The molecule has 0 radical (unpaired) electrons. The van der Waals surface area contributed by atoms with E-state index in [1.807, 2.05) is 20.8 Å². The van der Waals surface area contributed by atoms with Crippen LogP contribution in [0.25, 0.3) is 5.57 Å². The molecule has 2 unspecified atom stereocenters. The van der Waals surface area contributed by atoms with Gasteiger partial charge in [0.05, 0.1) is 10.5 Å². The van der Waals surface area contributed by atoms with E-state index >= 15 is 0 Å². The molecule has 3 nitrogen and oxygen atoms in total. The van der Waals surface area contributed by atoms with Crippen molar-refractivity contribution in [1.29, 1.82) is 0 Å². The lowest BCUT2D eigenvalue weighted by Crippen LogP contribution is -2.25. The Morgan fingerprint density at radius 3 is 2.20 bits per heavy atom. The molecule has 7 heteroatoms. The van der Waals surface area contributed by atoms with Gasteiger partial charge in [-0.2, -0.15) is 13.2 Å². The van der Waals surface area contributed by atoms with Gasteiger partial charge < -0.3 is 0 Å². The number of rotatable bonds is 7. The summed E-state index contributed by atoms with van der Waals surface area (Å²) in [6.07, 6.45) is -2.64. The highest BCUT2D eigenvalue weighted by Gasteiger charge is 2.38.